The molecule has 4 heteroatoms. The molecule has 102 valence electrons. The van der Waals surface area contributed by atoms with Crippen LogP contribution in [0.25, 0.3) is 0 Å². The summed E-state index contributed by atoms with van der Waals surface area (Å²) in [6, 6.07) is 7.66. The van der Waals surface area contributed by atoms with Crippen LogP contribution < -0.4 is 10.1 Å². The molecule has 2 rings (SSSR count). The van der Waals surface area contributed by atoms with E-state index in [1.165, 1.54) is 0 Å². The molecular formula is C15H20N2O2. The van der Waals surface area contributed by atoms with Crippen molar-refractivity contribution in [2.24, 2.45) is 0 Å². The molecule has 1 aliphatic rings. The lowest BCUT2D eigenvalue weighted by molar-refractivity contribution is -0.137. The third kappa shape index (κ3) is 3.08. The Morgan fingerprint density at radius 3 is 2.95 bits per heavy atom. The molecule has 1 amide bonds. The van der Waals surface area contributed by atoms with Crippen molar-refractivity contribution in [1.82, 2.24) is 4.90 Å². The highest BCUT2D eigenvalue weighted by atomic mass is 16.5. The number of anilines is 1. The van der Waals surface area contributed by atoms with Gasteiger partial charge in [0.25, 0.3) is 5.91 Å². The second kappa shape index (κ2) is 5.78. The number of nitrogens with one attached hydrogen (secondary N) is 1. The van der Waals surface area contributed by atoms with Gasteiger partial charge in [-0.05, 0) is 26.0 Å². The maximum Gasteiger partial charge on any atom is 0.265 e. The van der Waals surface area contributed by atoms with Gasteiger partial charge >= 0.3 is 0 Å². The minimum absolute atomic E-state index is 0.00695. The molecular weight excluding hydrogens is 240 g/mol. The normalized spacial score (nSPS) is 16.8. The second-order valence-corrected chi connectivity index (χ2v) is 4.79. The number of hydrogen-bond donors (Lipinski definition) is 1. The fraction of sp³-hybridized carbons (Fsp3) is 0.400. The molecule has 19 heavy (non-hydrogen) atoms. The van der Waals surface area contributed by atoms with Gasteiger partial charge in [-0.15, -0.1) is 0 Å². The molecule has 0 aromatic heterocycles. The Kier molecular flexibility index (Phi) is 4.10. The largest absolute Gasteiger partial charge is 0.477 e. The molecule has 0 aliphatic carbocycles. The highest BCUT2D eigenvalue weighted by Crippen LogP contribution is 2.28. The third-order valence-electron chi connectivity index (χ3n) is 3.06. The summed E-state index contributed by atoms with van der Waals surface area (Å²) in [4.78, 5) is 14.2. The van der Waals surface area contributed by atoms with Gasteiger partial charge in [0, 0.05) is 13.1 Å². The predicted molar refractivity (Wildman–Crippen MR) is 76.4 cm³/mol. The van der Waals surface area contributed by atoms with Gasteiger partial charge in [-0.1, -0.05) is 24.3 Å². The van der Waals surface area contributed by atoms with E-state index in [0.717, 1.165) is 17.0 Å². The monoisotopic (exact) mass is 260 g/mol. The Morgan fingerprint density at radius 2 is 2.26 bits per heavy atom. The Labute approximate surface area is 114 Å². The smallest absolute Gasteiger partial charge is 0.265 e. The van der Waals surface area contributed by atoms with Crippen LogP contribution in [0.3, 0.4) is 0 Å². The zero-order valence-electron chi connectivity index (χ0n) is 11.5. The van der Waals surface area contributed by atoms with Crippen LogP contribution in [0.4, 0.5) is 5.69 Å². The average molecular weight is 260 g/mol. The molecule has 1 heterocycles. The first-order valence-corrected chi connectivity index (χ1v) is 6.54. The lowest BCUT2D eigenvalue weighted by atomic mass is 10.2. The number of carbonyl (C=O) groups is 1. The van der Waals surface area contributed by atoms with Crippen LogP contribution in [0, 0.1) is 0 Å². The molecule has 0 saturated heterocycles. The fourth-order valence-electron chi connectivity index (χ4n) is 2.13. The highest BCUT2D eigenvalue weighted by Gasteiger charge is 2.28. The van der Waals surface area contributed by atoms with E-state index in [1.807, 2.05) is 38.1 Å². The van der Waals surface area contributed by atoms with Crippen molar-refractivity contribution in [1.29, 1.82) is 0 Å². The summed E-state index contributed by atoms with van der Waals surface area (Å²) in [7, 11) is 0. The average Bonchev–Trinajstić information content (AvgIpc) is 2.43. The Bertz CT molecular complexity index is 485. The number of para-hydroxylation sites is 2. The molecule has 0 spiro atoms. The van der Waals surface area contributed by atoms with Crippen LogP contribution in [-0.4, -0.2) is 36.5 Å². The van der Waals surface area contributed by atoms with E-state index in [1.54, 1.807) is 4.90 Å². The van der Waals surface area contributed by atoms with Crippen molar-refractivity contribution in [3.63, 3.8) is 0 Å². The number of ether oxygens (including phenoxy) is 1. The summed E-state index contributed by atoms with van der Waals surface area (Å²) in [6.45, 7) is 9.48. The molecule has 0 radical (unpaired) electrons. The quantitative estimate of drug-likeness (QED) is 0.844. The van der Waals surface area contributed by atoms with Gasteiger partial charge in [0.15, 0.2) is 6.10 Å². The Morgan fingerprint density at radius 1 is 1.53 bits per heavy atom. The van der Waals surface area contributed by atoms with Gasteiger partial charge in [0.2, 0.25) is 0 Å². The highest BCUT2D eigenvalue weighted by molar-refractivity contribution is 5.83. The first-order chi connectivity index (χ1) is 9.11. The number of fused-ring (bicyclic) bond motifs is 1. The number of carbonyl (C=O) groups excluding carboxylic acids is 1. The van der Waals surface area contributed by atoms with Crippen molar-refractivity contribution in [2.45, 2.75) is 20.0 Å². The van der Waals surface area contributed by atoms with E-state index in [-0.39, 0.29) is 5.91 Å². The van der Waals surface area contributed by atoms with E-state index >= 15 is 0 Å². The van der Waals surface area contributed by atoms with Crippen molar-refractivity contribution < 1.29 is 9.53 Å². The van der Waals surface area contributed by atoms with Gasteiger partial charge in [-0.3, -0.25) is 4.79 Å². The van der Waals surface area contributed by atoms with Crippen LogP contribution in [0.1, 0.15) is 13.8 Å². The number of likely N-dealkylation sites (N-methyl/N-ethyl adjacent to an activating group) is 1. The van der Waals surface area contributed by atoms with E-state index in [9.17, 15) is 4.79 Å². The van der Waals surface area contributed by atoms with Gasteiger partial charge < -0.3 is 15.0 Å². The molecule has 1 unspecified atom stereocenters. The SMILES string of the molecule is C=C(C)CN(CC)C(=O)C1CNc2ccccc2O1. The number of hydrogen-bond acceptors (Lipinski definition) is 3. The van der Waals surface area contributed by atoms with E-state index in [2.05, 4.69) is 11.9 Å². The summed E-state index contributed by atoms with van der Waals surface area (Å²) in [5, 5.41) is 3.23. The molecule has 4 nitrogen and oxygen atoms in total. The maximum absolute atomic E-state index is 12.4. The third-order valence-corrected chi connectivity index (χ3v) is 3.06. The molecule has 1 aromatic carbocycles. The van der Waals surface area contributed by atoms with E-state index < -0.39 is 6.10 Å². The van der Waals surface area contributed by atoms with E-state index in [0.29, 0.717) is 19.6 Å². The summed E-state index contributed by atoms with van der Waals surface area (Å²) < 4.78 is 5.77. The van der Waals surface area contributed by atoms with Crippen molar-refractivity contribution in [3.05, 3.63) is 36.4 Å². The topological polar surface area (TPSA) is 41.6 Å². The standard InChI is InChI=1S/C15H20N2O2/c1-4-17(10-11(2)3)15(18)14-9-16-12-7-5-6-8-13(12)19-14/h5-8,14,16H,2,4,9-10H2,1,3H3. The number of amides is 1. The first kappa shape index (κ1) is 13.5. The van der Waals surface area contributed by atoms with Gasteiger partial charge in [0.05, 0.1) is 12.2 Å². The molecule has 1 aromatic rings. The fourth-order valence-corrected chi connectivity index (χ4v) is 2.13. The van der Waals surface area contributed by atoms with Crippen LogP contribution in [-0.2, 0) is 4.79 Å². The summed E-state index contributed by atoms with van der Waals surface area (Å²) >= 11 is 0. The number of rotatable bonds is 4. The van der Waals surface area contributed by atoms with Crippen molar-refractivity contribution >= 4 is 11.6 Å². The molecule has 0 fully saturated rings. The minimum atomic E-state index is -0.464. The van der Waals surface area contributed by atoms with Crippen LogP contribution in [0.2, 0.25) is 0 Å². The number of nitrogens with zero attached hydrogens (tertiary/aromatic N) is 1. The lowest BCUT2D eigenvalue weighted by Crippen LogP contribution is -2.47. The van der Waals surface area contributed by atoms with Gasteiger partial charge in [0.1, 0.15) is 5.75 Å². The summed E-state index contributed by atoms with van der Waals surface area (Å²) in [6.07, 6.45) is -0.464. The van der Waals surface area contributed by atoms with Crippen LogP contribution in [0.5, 0.6) is 5.75 Å². The summed E-state index contributed by atoms with van der Waals surface area (Å²) in [5.74, 6) is 0.742. The maximum atomic E-state index is 12.4. The molecule has 1 N–H and O–H groups in total. The Hall–Kier alpha value is -1.97. The predicted octanol–water partition coefficient (Wildman–Crippen LogP) is 2.28. The van der Waals surface area contributed by atoms with Gasteiger partial charge in [-0.25, -0.2) is 0 Å². The molecule has 0 saturated carbocycles. The lowest BCUT2D eigenvalue weighted by Gasteiger charge is -2.31. The number of benzene rings is 1. The zero-order chi connectivity index (χ0) is 13.8. The molecule has 1 atom stereocenters. The molecule has 0 bridgehead atoms. The molecule has 1 aliphatic heterocycles. The van der Waals surface area contributed by atoms with Crippen molar-refractivity contribution in [2.75, 3.05) is 25.0 Å². The van der Waals surface area contributed by atoms with E-state index in [4.69, 9.17) is 4.74 Å². The Balaban J connectivity index is 2.07. The van der Waals surface area contributed by atoms with Crippen LogP contribution in [0.15, 0.2) is 36.4 Å². The summed E-state index contributed by atoms with van der Waals surface area (Å²) in [5.41, 5.74) is 1.91. The van der Waals surface area contributed by atoms with Crippen LogP contribution >= 0.6 is 0 Å². The van der Waals surface area contributed by atoms with Crippen molar-refractivity contribution in [3.8, 4) is 5.75 Å². The first-order valence-electron chi connectivity index (χ1n) is 6.54. The minimum Gasteiger partial charge on any atom is -0.477 e. The zero-order valence-corrected chi connectivity index (χ0v) is 11.5. The second-order valence-electron chi connectivity index (χ2n) is 4.79. The van der Waals surface area contributed by atoms with Gasteiger partial charge in [-0.2, -0.15) is 0 Å².